The highest BCUT2D eigenvalue weighted by Gasteiger charge is 2.19. The lowest BCUT2D eigenvalue weighted by Crippen LogP contribution is -2.30. The maximum atomic E-state index is 12.8. The average Bonchev–Trinajstić information content (AvgIpc) is 3.26. The molecule has 0 spiro atoms. The third-order valence-corrected chi connectivity index (χ3v) is 10.7. The third-order valence-electron chi connectivity index (χ3n) is 10.7. The summed E-state index contributed by atoms with van der Waals surface area (Å²) in [7, 11) is 0. The van der Waals surface area contributed by atoms with Gasteiger partial charge in [-0.25, -0.2) is 0 Å². The molecule has 0 amide bonds. The number of hydrogen-bond acceptors (Lipinski definition) is 6. The Morgan fingerprint density at radius 3 is 1.20 bits per heavy atom. The van der Waals surface area contributed by atoms with Gasteiger partial charge < -0.3 is 14.2 Å². The van der Waals surface area contributed by atoms with Crippen molar-refractivity contribution in [3.8, 4) is 0 Å². The number of carbonyl (C=O) groups excluding carboxylic acids is 3. The fourth-order valence-corrected chi connectivity index (χ4v) is 6.94. The zero-order chi connectivity index (χ0) is 44.4. The highest BCUT2D eigenvalue weighted by atomic mass is 16.6. The van der Waals surface area contributed by atoms with Crippen LogP contribution in [0.5, 0.6) is 0 Å². The van der Waals surface area contributed by atoms with Gasteiger partial charge in [-0.2, -0.15) is 0 Å². The number of unbranched alkanes of at least 4 members (excludes halogenated alkanes) is 24. The molecule has 350 valence electrons. The molecule has 0 rings (SSSR count). The average molecular weight is 851 g/mol. The quantitative estimate of drug-likeness (QED) is 0.0200. The van der Waals surface area contributed by atoms with Crippen molar-refractivity contribution in [2.45, 2.75) is 245 Å². The minimum atomic E-state index is -0.789. The van der Waals surface area contributed by atoms with Crippen LogP contribution in [0.4, 0.5) is 0 Å². The molecule has 1 atom stereocenters. The fourth-order valence-electron chi connectivity index (χ4n) is 6.94. The first-order chi connectivity index (χ1) is 30.0. The molecule has 0 radical (unpaired) electrons. The lowest BCUT2D eigenvalue weighted by Gasteiger charge is -2.18. The summed E-state index contributed by atoms with van der Waals surface area (Å²) >= 11 is 0. The van der Waals surface area contributed by atoms with Crippen molar-refractivity contribution in [3.05, 3.63) is 72.9 Å². The minimum absolute atomic E-state index is 0.0899. The number of hydrogen-bond donors (Lipinski definition) is 0. The van der Waals surface area contributed by atoms with Crippen LogP contribution in [0.2, 0.25) is 0 Å². The first-order valence-corrected chi connectivity index (χ1v) is 25.5. The van der Waals surface area contributed by atoms with Gasteiger partial charge in [-0.05, 0) is 89.9 Å². The van der Waals surface area contributed by atoms with Gasteiger partial charge in [-0.15, -0.1) is 0 Å². The topological polar surface area (TPSA) is 78.9 Å². The van der Waals surface area contributed by atoms with Crippen LogP contribution in [0.1, 0.15) is 239 Å². The second-order valence-electron chi connectivity index (χ2n) is 16.7. The van der Waals surface area contributed by atoms with Gasteiger partial charge >= 0.3 is 17.9 Å². The second kappa shape index (κ2) is 49.5. The summed E-state index contributed by atoms with van der Waals surface area (Å²) < 4.78 is 16.8. The summed E-state index contributed by atoms with van der Waals surface area (Å²) in [5.74, 6) is -0.925. The standard InChI is InChI=1S/C55H94O6/c1-4-7-10-13-16-19-22-25-28-31-33-36-39-42-45-48-54(57)60-51-52(61-55(58)49-46-43-40-37-34-30-27-24-21-18-15-12-9-6-3)50-59-53(56)47-44-41-38-35-32-29-26-23-20-17-14-11-8-5-2/h7,9-10,12-13,16,18-19,21-22,29,32,52H,4-6,8,11,14-15,17,20,23-28,30-31,33-51H2,1-3H3/b10-7-,12-9-,16-13-,21-18-,22-19-,32-29-. The van der Waals surface area contributed by atoms with Crippen molar-refractivity contribution in [3.63, 3.8) is 0 Å². The summed E-state index contributed by atoms with van der Waals surface area (Å²) in [6, 6.07) is 0. The lowest BCUT2D eigenvalue weighted by atomic mass is 10.1. The number of carbonyl (C=O) groups is 3. The van der Waals surface area contributed by atoms with E-state index in [4.69, 9.17) is 14.2 Å². The van der Waals surface area contributed by atoms with Crippen LogP contribution >= 0.6 is 0 Å². The lowest BCUT2D eigenvalue weighted by molar-refractivity contribution is -0.167. The highest BCUT2D eigenvalue weighted by Crippen LogP contribution is 2.14. The van der Waals surface area contributed by atoms with Crippen molar-refractivity contribution in [2.24, 2.45) is 0 Å². The molecule has 1 unspecified atom stereocenters. The molecule has 0 saturated carbocycles. The minimum Gasteiger partial charge on any atom is -0.462 e. The van der Waals surface area contributed by atoms with E-state index in [2.05, 4.69) is 93.7 Å². The van der Waals surface area contributed by atoms with Crippen LogP contribution in [0.3, 0.4) is 0 Å². The molecule has 0 heterocycles. The normalized spacial score (nSPS) is 12.6. The molecule has 0 aromatic heterocycles. The van der Waals surface area contributed by atoms with Gasteiger partial charge in [-0.1, -0.05) is 203 Å². The molecule has 0 fully saturated rings. The van der Waals surface area contributed by atoms with Crippen LogP contribution in [-0.4, -0.2) is 37.2 Å². The zero-order valence-corrected chi connectivity index (χ0v) is 39.9. The van der Waals surface area contributed by atoms with Crippen molar-refractivity contribution >= 4 is 17.9 Å². The predicted octanol–water partition coefficient (Wildman–Crippen LogP) is 16.6. The van der Waals surface area contributed by atoms with E-state index >= 15 is 0 Å². The Labute approximate surface area is 376 Å². The molecular formula is C55H94O6. The van der Waals surface area contributed by atoms with Crippen LogP contribution in [0.15, 0.2) is 72.9 Å². The molecule has 0 saturated heterocycles. The monoisotopic (exact) mass is 851 g/mol. The second-order valence-corrected chi connectivity index (χ2v) is 16.7. The van der Waals surface area contributed by atoms with Crippen LogP contribution in [0, 0.1) is 0 Å². The zero-order valence-electron chi connectivity index (χ0n) is 39.9. The number of ether oxygens (including phenoxy) is 3. The van der Waals surface area contributed by atoms with E-state index in [-0.39, 0.29) is 31.1 Å². The molecule has 0 aromatic carbocycles. The van der Waals surface area contributed by atoms with Gasteiger partial charge in [0, 0.05) is 19.3 Å². The Morgan fingerprint density at radius 1 is 0.361 bits per heavy atom. The Kier molecular flexibility index (Phi) is 46.9. The summed E-state index contributed by atoms with van der Waals surface area (Å²) in [5, 5.41) is 0. The summed E-state index contributed by atoms with van der Waals surface area (Å²) in [5.41, 5.74) is 0. The van der Waals surface area contributed by atoms with E-state index in [0.717, 1.165) is 103 Å². The van der Waals surface area contributed by atoms with Gasteiger partial charge in [0.2, 0.25) is 0 Å². The van der Waals surface area contributed by atoms with Crippen molar-refractivity contribution in [1.82, 2.24) is 0 Å². The molecule has 0 bridgehead atoms. The van der Waals surface area contributed by atoms with Gasteiger partial charge in [0.15, 0.2) is 6.10 Å². The summed E-state index contributed by atoms with van der Waals surface area (Å²) in [4.78, 5) is 37.9. The molecule has 61 heavy (non-hydrogen) atoms. The smallest absolute Gasteiger partial charge is 0.306 e. The van der Waals surface area contributed by atoms with Gasteiger partial charge in [0.05, 0.1) is 0 Å². The van der Waals surface area contributed by atoms with Crippen molar-refractivity contribution in [1.29, 1.82) is 0 Å². The Balaban J connectivity index is 4.43. The third kappa shape index (κ3) is 47.7. The van der Waals surface area contributed by atoms with Crippen molar-refractivity contribution in [2.75, 3.05) is 13.2 Å². The first kappa shape index (κ1) is 57.9. The van der Waals surface area contributed by atoms with E-state index in [1.165, 1.54) is 96.3 Å². The van der Waals surface area contributed by atoms with E-state index < -0.39 is 6.10 Å². The van der Waals surface area contributed by atoms with Gasteiger partial charge in [-0.3, -0.25) is 14.4 Å². The van der Waals surface area contributed by atoms with E-state index in [9.17, 15) is 14.4 Å². The molecule has 0 aliphatic rings. The summed E-state index contributed by atoms with van der Waals surface area (Å²) in [6.45, 7) is 6.37. The molecule has 0 N–H and O–H groups in total. The largest absolute Gasteiger partial charge is 0.462 e. The van der Waals surface area contributed by atoms with Crippen LogP contribution in [0.25, 0.3) is 0 Å². The van der Waals surface area contributed by atoms with Crippen LogP contribution in [-0.2, 0) is 28.6 Å². The fraction of sp³-hybridized carbons (Fsp3) is 0.727. The molecule has 6 nitrogen and oxygen atoms in total. The summed E-state index contributed by atoms with van der Waals surface area (Å²) in [6.07, 6.45) is 61.7. The number of allylic oxidation sites excluding steroid dienone is 12. The van der Waals surface area contributed by atoms with Gasteiger partial charge in [0.25, 0.3) is 0 Å². The Hall–Kier alpha value is -3.15. The van der Waals surface area contributed by atoms with Crippen molar-refractivity contribution < 1.29 is 28.6 Å². The maximum absolute atomic E-state index is 12.8. The molecule has 0 aliphatic heterocycles. The number of esters is 3. The molecular weight excluding hydrogens is 757 g/mol. The van der Waals surface area contributed by atoms with E-state index in [1.54, 1.807) is 0 Å². The SMILES string of the molecule is CC\C=C/C=C\C=C/CCCCCCCCCC(=O)OCC(COC(=O)CCCCC/C=C\CCCCCCCCC)OC(=O)CCCCCCCCC/C=C\C/C=C\CC. The highest BCUT2D eigenvalue weighted by molar-refractivity contribution is 5.71. The van der Waals surface area contributed by atoms with Crippen LogP contribution < -0.4 is 0 Å². The molecule has 0 aliphatic carbocycles. The predicted molar refractivity (Wildman–Crippen MR) is 261 cm³/mol. The molecule has 6 heteroatoms. The molecule has 0 aromatic rings. The van der Waals surface area contributed by atoms with Gasteiger partial charge in [0.1, 0.15) is 13.2 Å². The number of rotatable bonds is 45. The Bertz CT molecular complexity index is 1160. The van der Waals surface area contributed by atoms with E-state index in [0.29, 0.717) is 19.3 Å². The van der Waals surface area contributed by atoms with E-state index in [1.807, 2.05) is 0 Å². The maximum Gasteiger partial charge on any atom is 0.306 e. The first-order valence-electron chi connectivity index (χ1n) is 25.5. The Morgan fingerprint density at radius 2 is 0.721 bits per heavy atom.